The minimum absolute atomic E-state index is 0.525. The SMILES string of the molecule is CCc1cc(CC(CCN(C)C)NC)n(C)n1. The van der Waals surface area contributed by atoms with E-state index >= 15 is 0 Å². The number of hydrogen-bond acceptors (Lipinski definition) is 3. The Balaban J connectivity index is 2.57. The number of likely N-dealkylation sites (N-methyl/N-ethyl adjacent to an activating group) is 1. The van der Waals surface area contributed by atoms with Crippen molar-refractivity contribution in [3.8, 4) is 0 Å². The molecule has 1 heterocycles. The summed E-state index contributed by atoms with van der Waals surface area (Å²) in [6.07, 6.45) is 3.22. The van der Waals surface area contributed by atoms with Crippen LogP contribution >= 0.6 is 0 Å². The van der Waals surface area contributed by atoms with Gasteiger partial charge in [0.05, 0.1) is 5.69 Å². The van der Waals surface area contributed by atoms with Crippen LogP contribution in [0.3, 0.4) is 0 Å². The molecule has 0 amide bonds. The smallest absolute Gasteiger partial charge is 0.0624 e. The topological polar surface area (TPSA) is 33.1 Å². The van der Waals surface area contributed by atoms with Crippen LogP contribution in [0.15, 0.2) is 6.07 Å². The van der Waals surface area contributed by atoms with Gasteiger partial charge in [0, 0.05) is 25.2 Å². The summed E-state index contributed by atoms with van der Waals surface area (Å²) < 4.78 is 2.01. The summed E-state index contributed by atoms with van der Waals surface area (Å²) in [6, 6.07) is 2.75. The summed E-state index contributed by atoms with van der Waals surface area (Å²) in [7, 11) is 8.31. The predicted molar refractivity (Wildman–Crippen MR) is 72.3 cm³/mol. The number of nitrogens with zero attached hydrogens (tertiary/aromatic N) is 3. The number of rotatable bonds is 7. The second kappa shape index (κ2) is 6.77. The molecule has 0 bridgehead atoms. The molecule has 0 aliphatic rings. The Morgan fingerprint density at radius 1 is 1.47 bits per heavy atom. The Hall–Kier alpha value is -0.870. The summed E-state index contributed by atoms with van der Waals surface area (Å²) in [5.74, 6) is 0. The first-order chi connectivity index (χ1) is 8.06. The van der Waals surface area contributed by atoms with Crippen molar-refractivity contribution < 1.29 is 0 Å². The molecule has 17 heavy (non-hydrogen) atoms. The van der Waals surface area contributed by atoms with E-state index in [1.54, 1.807) is 0 Å². The third-order valence-corrected chi connectivity index (χ3v) is 3.18. The van der Waals surface area contributed by atoms with Gasteiger partial charge in [-0.1, -0.05) is 6.92 Å². The summed E-state index contributed by atoms with van der Waals surface area (Å²) in [6.45, 7) is 3.26. The lowest BCUT2D eigenvalue weighted by atomic mass is 10.1. The Morgan fingerprint density at radius 3 is 2.65 bits per heavy atom. The van der Waals surface area contributed by atoms with E-state index in [2.05, 4.69) is 42.4 Å². The molecule has 0 aliphatic carbocycles. The zero-order chi connectivity index (χ0) is 12.8. The number of hydrogen-bond donors (Lipinski definition) is 1. The largest absolute Gasteiger partial charge is 0.317 e. The van der Waals surface area contributed by atoms with Crippen molar-refractivity contribution in [2.75, 3.05) is 27.7 Å². The Bertz CT molecular complexity index is 330. The first kappa shape index (κ1) is 14.2. The standard InChI is InChI=1S/C13H26N4/c1-6-11-9-13(17(5)15-11)10-12(14-2)7-8-16(3)4/h9,12,14H,6-8,10H2,1-5H3. The molecule has 0 spiro atoms. The third kappa shape index (κ3) is 4.48. The van der Waals surface area contributed by atoms with Crippen LogP contribution in [0.5, 0.6) is 0 Å². The van der Waals surface area contributed by atoms with E-state index in [0.717, 1.165) is 25.8 Å². The molecular formula is C13H26N4. The second-order valence-corrected chi connectivity index (χ2v) is 4.89. The number of aryl methyl sites for hydroxylation is 2. The van der Waals surface area contributed by atoms with E-state index in [0.29, 0.717) is 6.04 Å². The van der Waals surface area contributed by atoms with E-state index < -0.39 is 0 Å². The fourth-order valence-electron chi connectivity index (χ4n) is 1.95. The van der Waals surface area contributed by atoms with Crippen molar-refractivity contribution in [1.29, 1.82) is 0 Å². The Kier molecular flexibility index (Phi) is 5.65. The molecule has 0 saturated carbocycles. The molecule has 4 heteroatoms. The zero-order valence-electron chi connectivity index (χ0n) is 11.8. The predicted octanol–water partition coefficient (Wildman–Crippen LogP) is 1.06. The summed E-state index contributed by atoms with van der Waals surface area (Å²) in [4.78, 5) is 2.23. The van der Waals surface area contributed by atoms with Gasteiger partial charge in [0.15, 0.2) is 0 Å². The van der Waals surface area contributed by atoms with Gasteiger partial charge in [-0.2, -0.15) is 5.10 Å². The fraction of sp³-hybridized carbons (Fsp3) is 0.769. The highest BCUT2D eigenvalue weighted by atomic mass is 15.3. The van der Waals surface area contributed by atoms with E-state index in [-0.39, 0.29) is 0 Å². The van der Waals surface area contributed by atoms with Gasteiger partial charge in [-0.25, -0.2) is 0 Å². The van der Waals surface area contributed by atoms with Gasteiger partial charge in [0.1, 0.15) is 0 Å². The minimum atomic E-state index is 0.525. The molecule has 1 N–H and O–H groups in total. The molecule has 98 valence electrons. The van der Waals surface area contributed by atoms with E-state index in [9.17, 15) is 0 Å². The number of nitrogens with one attached hydrogen (secondary N) is 1. The minimum Gasteiger partial charge on any atom is -0.317 e. The van der Waals surface area contributed by atoms with Gasteiger partial charge < -0.3 is 10.2 Å². The highest BCUT2D eigenvalue weighted by Gasteiger charge is 2.11. The molecule has 1 aromatic heterocycles. The lowest BCUT2D eigenvalue weighted by Crippen LogP contribution is -2.32. The van der Waals surface area contributed by atoms with Gasteiger partial charge in [-0.05, 0) is 46.6 Å². The maximum absolute atomic E-state index is 4.49. The van der Waals surface area contributed by atoms with Crippen molar-refractivity contribution in [1.82, 2.24) is 20.0 Å². The van der Waals surface area contributed by atoms with Crippen LogP contribution in [0, 0.1) is 0 Å². The van der Waals surface area contributed by atoms with Gasteiger partial charge in [0.25, 0.3) is 0 Å². The second-order valence-electron chi connectivity index (χ2n) is 4.89. The molecule has 1 aromatic rings. The summed E-state index contributed by atoms with van der Waals surface area (Å²) >= 11 is 0. The van der Waals surface area contributed by atoms with Crippen LogP contribution < -0.4 is 5.32 Å². The molecule has 1 rings (SSSR count). The van der Waals surface area contributed by atoms with Gasteiger partial charge >= 0.3 is 0 Å². The van der Waals surface area contributed by atoms with E-state index in [1.165, 1.54) is 11.4 Å². The average Bonchev–Trinajstić information content (AvgIpc) is 2.65. The van der Waals surface area contributed by atoms with E-state index in [4.69, 9.17) is 0 Å². The van der Waals surface area contributed by atoms with Crippen LogP contribution in [0.4, 0.5) is 0 Å². The Morgan fingerprint density at radius 2 is 2.18 bits per heavy atom. The highest BCUT2D eigenvalue weighted by molar-refractivity contribution is 5.11. The maximum Gasteiger partial charge on any atom is 0.0624 e. The van der Waals surface area contributed by atoms with Gasteiger partial charge in [-0.3, -0.25) is 4.68 Å². The van der Waals surface area contributed by atoms with Crippen LogP contribution in [0.2, 0.25) is 0 Å². The van der Waals surface area contributed by atoms with Crippen LogP contribution in [0.1, 0.15) is 24.7 Å². The van der Waals surface area contributed by atoms with Gasteiger partial charge in [-0.15, -0.1) is 0 Å². The van der Waals surface area contributed by atoms with Crippen molar-refractivity contribution in [2.24, 2.45) is 7.05 Å². The summed E-state index contributed by atoms with van der Waals surface area (Å²) in [5.41, 5.74) is 2.50. The van der Waals surface area contributed by atoms with Crippen LogP contribution in [-0.4, -0.2) is 48.4 Å². The van der Waals surface area contributed by atoms with Crippen molar-refractivity contribution >= 4 is 0 Å². The maximum atomic E-state index is 4.49. The Labute approximate surface area is 105 Å². The monoisotopic (exact) mass is 238 g/mol. The van der Waals surface area contributed by atoms with Crippen LogP contribution in [0.25, 0.3) is 0 Å². The number of aromatic nitrogens is 2. The lowest BCUT2D eigenvalue weighted by Gasteiger charge is -2.18. The molecule has 0 saturated heterocycles. The molecule has 1 atom stereocenters. The highest BCUT2D eigenvalue weighted by Crippen LogP contribution is 2.08. The molecule has 4 nitrogen and oxygen atoms in total. The first-order valence-corrected chi connectivity index (χ1v) is 6.40. The quantitative estimate of drug-likeness (QED) is 0.771. The average molecular weight is 238 g/mol. The fourth-order valence-corrected chi connectivity index (χ4v) is 1.95. The molecule has 0 fully saturated rings. The molecule has 0 aromatic carbocycles. The van der Waals surface area contributed by atoms with Crippen LogP contribution in [-0.2, 0) is 19.9 Å². The van der Waals surface area contributed by atoms with Crippen molar-refractivity contribution in [2.45, 2.75) is 32.2 Å². The van der Waals surface area contributed by atoms with Gasteiger partial charge in [0.2, 0.25) is 0 Å². The lowest BCUT2D eigenvalue weighted by molar-refractivity contribution is 0.362. The molecular weight excluding hydrogens is 212 g/mol. The summed E-state index contributed by atoms with van der Waals surface area (Å²) in [5, 5.41) is 7.88. The molecule has 1 unspecified atom stereocenters. The molecule has 0 radical (unpaired) electrons. The first-order valence-electron chi connectivity index (χ1n) is 6.40. The normalized spacial score (nSPS) is 13.3. The van der Waals surface area contributed by atoms with Crippen molar-refractivity contribution in [3.05, 3.63) is 17.5 Å². The van der Waals surface area contributed by atoms with Crippen molar-refractivity contribution in [3.63, 3.8) is 0 Å². The molecule has 0 aliphatic heterocycles. The van der Waals surface area contributed by atoms with E-state index in [1.807, 2.05) is 18.8 Å². The third-order valence-electron chi connectivity index (χ3n) is 3.18. The zero-order valence-corrected chi connectivity index (χ0v) is 11.8.